The van der Waals surface area contributed by atoms with Gasteiger partial charge in [0.25, 0.3) is 5.91 Å². The highest BCUT2D eigenvalue weighted by Gasteiger charge is 2.39. The topological polar surface area (TPSA) is 46.6 Å². The van der Waals surface area contributed by atoms with Gasteiger partial charge in [-0.2, -0.15) is 0 Å². The minimum absolute atomic E-state index is 0.217. The molecule has 2 aromatic carbocycles. The van der Waals surface area contributed by atoms with E-state index < -0.39 is 5.91 Å². The predicted molar refractivity (Wildman–Crippen MR) is 79.3 cm³/mol. The quantitative estimate of drug-likeness (QED) is 0.813. The number of hydrogen-bond donors (Lipinski definition) is 0. The van der Waals surface area contributed by atoms with Crippen molar-refractivity contribution in [2.45, 2.75) is 12.5 Å². The lowest BCUT2D eigenvalue weighted by Gasteiger charge is -2.24. The van der Waals surface area contributed by atoms with Crippen molar-refractivity contribution in [3.8, 4) is 5.75 Å². The Morgan fingerprint density at radius 3 is 2.29 bits per heavy atom. The fourth-order valence-electron chi connectivity index (χ4n) is 2.61. The van der Waals surface area contributed by atoms with E-state index in [0.29, 0.717) is 11.4 Å². The molecule has 0 radical (unpaired) electrons. The first-order valence-corrected chi connectivity index (χ1v) is 6.76. The molecule has 0 saturated carbocycles. The maximum Gasteiger partial charge on any atom is 0.295 e. The maximum atomic E-state index is 12.2. The fraction of sp³-hybridized carbons (Fsp3) is 0.176. The molecule has 1 heterocycles. The normalized spacial score (nSPS) is 18.1. The summed E-state index contributed by atoms with van der Waals surface area (Å²) < 4.78 is 5.12. The van der Waals surface area contributed by atoms with Gasteiger partial charge in [0.05, 0.1) is 13.2 Å². The Bertz CT molecular complexity index is 664. The molecule has 0 bridgehead atoms. The van der Waals surface area contributed by atoms with Gasteiger partial charge < -0.3 is 4.74 Å². The largest absolute Gasteiger partial charge is 0.497 e. The summed E-state index contributed by atoms with van der Waals surface area (Å²) in [5, 5.41) is 0. The summed E-state index contributed by atoms with van der Waals surface area (Å²) in [5.41, 5.74) is 1.67. The van der Waals surface area contributed by atoms with Crippen molar-refractivity contribution in [2.75, 3.05) is 12.0 Å². The molecule has 2 aromatic rings. The van der Waals surface area contributed by atoms with Crippen LogP contribution >= 0.6 is 0 Å². The zero-order valence-electron chi connectivity index (χ0n) is 11.7. The number of amides is 1. The smallest absolute Gasteiger partial charge is 0.295 e. The van der Waals surface area contributed by atoms with E-state index >= 15 is 0 Å². The molecular formula is C17H15NO3. The summed E-state index contributed by atoms with van der Waals surface area (Å²) >= 11 is 0. The Hall–Kier alpha value is -2.62. The molecule has 1 fully saturated rings. The third-order valence-electron chi connectivity index (χ3n) is 3.68. The van der Waals surface area contributed by atoms with Gasteiger partial charge in [0.1, 0.15) is 5.75 Å². The molecule has 4 nitrogen and oxygen atoms in total. The molecule has 0 aromatic heterocycles. The number of carbonyl (C=O) groups excluding carboxylic acids is 2. The number of methoxy groups -OCH3 is 1. The van der Waals surface area contributed by atoms with Gasteiger partial charge >= 0.3 is 0 Å². The highest BCUT2D eigenvalue weighted by atomic mass is 16.5. The SMILES string of the molecule is COc1ccc(N2C(=O)C(=O)CC2c2ccccc2)cc1. The first-order valence-electron chi connectivity index (χ1n) is 6.76. The number of rotatable bonds is 3. The van der Waals surface area contributed by atoms with Gasteiger partial charge in [-0.05, 0) is 29.8 Å². The summed E-state index contributed by atoms with van der Waals surface area (Å²) in [5.74, 6) is -0.0818. The van der Waals surface area contributed by atoms with Gasteiger partial charge in [0.15, 0.2) is 0 Å². The highest BCUT2D eigenvalue weighted by molar-refractivity contribution is 6.44. The fourth-order valence-corrected chi connectivity index (χ4v) is 2.61. The van der Waals surface area contributed by atoms with Crippen LogP contribution in [0.25, 0.3) is 0 Å². The molecule has 0 aliphatic carbocycles. The van der Waals surface area contributed by atoms with Crippen molar-refractivity contribution >= 4 is 17.4 Å². The summed E-state index contributed by atoms with van der Waals surface area (Å²) in [6.07, 6.45) is 0.217. The van der Waals surface area contributed by atoms with Crippen molar-refractivity contribution < 1.29 is 14.3 Å². The lowest BCUT2D eigenvalue weighted by molar-refractivity contribution is -0.133. The van der Waals surface area contributed by atoms with Crippen LogP contribution in [-0.4, -0.2) is 18.8 Å². The van der Waals surface area contributed by atoms with E-state index in [1.807, 2.05) is 30.3 Å². The van der Waals surface area contributed by atoms with Crippen molar-refractivity contribution in [3.05, 3.63) is 60.2 Å². The molecule has 1 atom stereocenters. The van der Waals surface area contributed by atoms with Gasteiger partial charge in [-0.25, -0.2) is 0 Å². The Balaban J connectivity index is 1.99. The second-order valence-electron chi connectivity index (χ2n) is 4.93. The Morgan fingerprint density at radius 1 is 1.00 bits per heavy atom. The van der Waals surface area contributed by atoms with E-state index in [4.69, 9.17) is 4.74 Å². The lowest BCUT2D eigenvalue weighted by atomic mass is 10.0. The third-order valence-corrected chi connectivity index (χ3v) is 3.68. The average molecular weight is 281 g/mol. The number of hydrogen-bond acceptors (Lipinski definition) is 3. The van der Waals surface area contributed by atoms with Gasteiger partial charge in [-0.3, -0.25) is 14.5 Å². The predicted octanol–water partition coefficient (Wildman–Crippen LogP) is 2.74. The Kier molecular flexibility index (Phi) is 3.44. The maximum absolute atomic E-state index is 12.2. The van der Waals surface area contributed by atoms with Crippen LogP contribution in [0.15, 0.2) is 54.6 Å². The van der Waals surface area contributed by atoms with Crippen LogP contribution in [0.2, 0.25) is 0 Å². The molecule has 106 valence electrons. The monoisotopic (exact) mass is 281 g/mol. The Morgan fingerprint density at radius 2 is 1.67 bits per heavy atom. The summed E-state index contributed by atoms with van der Waals surface area (Å²) in [6, 6.07) is 16.5. The van der Waals surface area contributed by atoms with Crippen LogP contribution in [0.5, 0.6) is 5.75 Å². The molecule has 3 rings (SSSR count). The summed E-state index contributed by atoms with van der Waals surface area (Å²) in [6.45, 7) is 0. The van der Waals surface area contributed by atoms with Crippen LogP contribution in [0, 0.1) is 0 Å². The summed E-state index contributed by atoms with van der Waals surface area (Å²) in [7, 11) is 1.59. The number of ketones is 1. The van der Waals surface area contributed by atoms with E-state index in [9.17, 15) is 9.59 Å². The number of ether oxygens (including phenoxy) is 1. The number of benzene rings is 2. The van der Waals surface area contributed by atoms with Crippen LogP contribution in [0.1, 0.15) is 18.0 Å². The second-order valence-corrected chi connectivity index (χ2v) is 4.93. The van der Waals surface area contributed by atoms with Gasteiger partial charge in [0.2, 0.25) is 5.78 Å². The molecule has 4 heteroatoms. The number of Topliss-reactive ketones (excluding diaryl/α,β-unsaturated/α-hetero) is 1. The average Bonchev–Trinajstić information content (AvgIpc) is 2.84. The summed E-state index contributed by atoms with van der Waals surface area (Å²) in [4.78, 5) is 25.6. The van der Waals surface area contributed by atoms with Crippen LogP contribution < -0.4 is 9.64 Å². The van der Waals surface area contributed by atoms with E-state index in [1.54, 1.807) is 36.3 Å². The molecule has 1 unspecified atom stereocenters. The zero-order chi connectivity index (χ0) is 14.8. The van der Waals surface area contributed by atoms with E-state index in [1.165, 1.54) is 0 Å². The molecule has 1 amide bonds. The van der Waals surface area contributed by atoms with Crippen LogP contribution in [0.3, 0.4) is 0 Å². The molecule has 1 saturated heterocycles. The number of nitrogens with zero attached hydrogens (tertiary/aromatic N) is 1. The highest BCUT2D eigenvalue weighted by Crippen LogP contribution is 2.35. The molecular weight excluding hydrogens is 266 g/mol. The van der Waals surface area contributed by atoms with E-state index in [-0.39, 0.29) is 18.2 Å². The van der Waals surface area contributed by atoms with E-state index in [2.05, 4.69) is 0 Å². The Labute approximate surface area is 123 Å². The molecule has 1 aliphatic rings. The third kappa shape index (κ3) is 2.40. The molecule has 21 heavy (non-hydrogen) atoms. The van der Waals surface area contributed by atoms with Crippen LogP contribution in [0.4, 0.5) is 5.69 Å². The minimum Gasteiger partial charge on any atom is -0.497 e. The van der Waals surface area contributed by atoms with Gasteiger partial charge in [-0.1, -0.05) is 30.3 Å². The van der Waals surface area contributed by atoms with Gasteiger partial charge in [0, 0.05) is 12.1 Å². The first kappa shape index (κ1) is 13.4. The number of carbonyl (C=O) groups is 2. The lowest BCUT2D eigenvalue weighted by Crippen LogP contribution is -2.29. The first-order chi connectivity index (χ1) is 10.2. The van der Waals surface area contributed by atoms with Crippen molar-refractivity contribution in [2.24, 2.45) is 0 Å². The van der Waals surface area contributed by atoms with Crippen LogP contribution in [-0.2, 0) is 9.59 Å². The van der Waals surface area contributed by atoms with Crippen molar-refractivity contribution in [1.29, 1.82) is 0 Å². The zero-order valence-corrected chi connectivity index (χ0v) is 11.7. The van der Waals surface area contributed by atoms with Crippen molar-refractivity contribution in [1.82, 2.24) is 0 Å². The standard InChI is InChI=1S/C17H15NO3/c1-21-14-9-7-13(8-10-14)18-15(11-16(19)17(18)20)12-5-3-2-4-6-12/h2-10,15H,11H2,1H3. The minimum atomic E-state index is -0.450. The molecule has 0 spiro atoms. The molecule has 1 aliphatic heterocycles. The van der Waals surface area contributed by atoms with E-state index in [0.717, 1.165) is 5.56 Å². The number of anilines is 1. The van der Waals surface area contributed by atoms with Crippen molar-refractivity contribution in [3.63, 3.8) is 0 Å². The second kappa shape index (κ2) is 5.40. The van der Waals surface area contributed by atoms with Gasteiger partial charge in [-0.15, -0.1) is 0 Å². The molecule has 0 N–H and O–H groups in total.